The number of hydrogen-bond donors (Lipinski definition) is 0. The van der Waals surface area contributed by atoms with Gasteiger partial charge >= 0.3 is 0 Å². The topological polar surface area (TPSA) is 61.2 Å². The van der Waals surface area contributed by atoms with Gasteiger partial charge in [0.2, 0.25) is 5.91 Å². The largest absolute Gasteiger partial charge is 0.342 e. The second kappa shape index (κ2) is 4.98. The second-order valence-corrected chi connectivity index (χ2v) is 7.48. The van der Waals surface area contributed by atoms with Crippen LogP contribution in [0.3, 0.4) is 0 Å². The first kappa shape index (κ1) is 15.8. The fraction of sp³-hybridized carbons (Fsp3) is 0.706. The van der Waals surface area contributed by atoms with Gasteiger partial charge in [-0.1, -0.05) is 40.7 Å². The molecular formula is C17H24N2O2. The number of nitriles is 1. The Balaban J connectivity index is 2.40. The fourth-order valence-corrected chi connectivity index (χ4v) is 4.08. The lowest BCUT2D eigenvalue weighted by molar-refractivity contribution is -0.143. The molecule has 1 aliphatic carbocycles. The summed E-state index contributed by atoms with van der Waals surface area (Å²) < 4.78 is 0. The Morgan fingerprint density at radius 3 is 2.57 bits per heavy atom. The molecule has 0 bridgehead atoms. The van der Waals surface area contributed by atoms with Crippen molar-refractivity contribution in [3.8, 4) is 6.07 Å². The molecule has 0 saturated carbocycles. The number of allylic oxidation sites excluding steroid dienone is 1. The highest BCUT2D eigenvalue weighted by atomic mass is 16.2. The van der Waals surface area contributed by atoms with Crippen LogP contribution in [0, 0.1) is 34.0 Å². The third kappa shape index (κ3) is 2.39. The fourth-order valence-electron chi connectivity index (χ4n) is 4.08. The number of Topliss-reactive ketones (excluding diaryl/α,β-unsaturated/α-hetero) is 1. The predicted molar refractivity (Wildman–Crippen MR) is 80.1 cm³/mol. The predicted octanol–water partition coefficient (Wildman–Crippen LogP) is 2.56. The maximum Gasteiger partial charge on any atom is 0.225 e. The molecule has 2 atom stereocenters. The molecule has 0 radical (unpaired) electrons. The van der Waals surface area contributed by atoms with Crippen LogP contribution in [0.5, 0.6) is 0 Å². The molecule has 21 heavy (non-hydrogen) atoms. The van der Waals surface area contributed by atoms with Crippen molar-refractivity contribution in [3.63, 3.8) is 0 Å². The van der Waals surface area contributed by atoms with Crippen molar-refractivity contribution in [1.29, 1.82) is 5.26 Å². The van der Waals surface area contributed by atoms with Crippen LogP contribution in [0.4, 0.5) is 0 Å². The molecule has 1 amide bonds. The summed E-state index contributed by atoms with van der Waals surface area (Å²) in [5.74, 6) is 0.237. The van der Waals surface area contributed by atoms with Crippen LogP contribution >= 0.6 is 0 Å². The van der Waals surface area contributed by atoms with Gasteiger partial charge in [0.15, 0.2) is 5.78 Å². The quantitative estimate of drug-likeness (QED) is 0.745. The minimum atomic E-state index is -0.540. The smallest absolute Gasteiger partial charge is 0.225 e. The first-order chi connectivity index (χ1) is 9.63. The summed E-state index contributed by atoms with van der Waals surface area (Å²) in [6, 6.07) is 2.04. The van der Waals surface area contributed by atoms with E-state index in [-0.39, 0.29) is 34.5 Å². The van der Waals surface area contributed by atoms with Gasteiger partial charge in [-0.25, -0.2) is 0 Å². The highest BCUT2D eigenvalue weighted by molar-refractivity contribution is 6.04. The minimum absolute atomic E-state index is 0.0252. The summed E-state index contributed by atoms with van der Waals surface area (Å²) in [5.41, 5.74) is -0.593. The van der Waals surface area contributed by atoms with Crippen LogP contribution in [-0.2, 0) is 9.59 Å². The van der Waals surface area contributed by atoms with E-state index in [9.17, 15) is 14.9 Å². The second-order valence-electron chi connectivity index (χ2n) is 7.48. The van der Waals surface area contributed by atoms with Crippen molar-refractivity contribution >= 4 is 11.7 Å². The van der Waals surface area contributed by atoms with Gasteiger partial charge in [-0.15, -0.1) is 0 Å². The van der Waals surface area contributed by atoms with Gasteiger partial charge in [0.25, 0.3) is 0 Å². The molecular weight excluding hydrogens is 264 g/mol. The molecule has 2 rings (SSSR count). The van der Waals surface area contributed by atoms with E-state index < -0.39 is 5.41 Å². The van der Waals surface area contributed by atoms with Crippen molar-refractivity contribution in [1.82, 2.24) is 4.90 Å². The summed E-state index contributed by atoms with van der Waals surface area (Å²) in [6.07, 6.45) is 2.62. The van der Waals surface area contributed by atoms with Crippen LogP contribution < -0.4 is 0 Å². The van der Waals surface area contributed by atoms with E-state index in [4.69, 9.17) is 0 Å². The number of hydrogen-bond acceptors (Lipinski definition) is 3. The molecule has 4 nitrogen and oxygen atoms in total. The van der Waals surface area contributed by atoms with Crippen LogP contribution in [0.15, 0.2) is 11.6 Å². The molecule has 114 valence electrons. The third-order valence-electron chi connectivity index (χ3n) is 5.12. The van der Waals surface area contributed by atoms with E-state index >= 15 is 0 Å². The van der Waals surface area contributed by atoms with Gasteiger partial charge in [0, 0.05) is 29.8 Å². The van der Waals surface area contributed by atoms with Crippen molar-refractivity contribution in [2.24, 2.45) is 22.7 Å². The molecule has 1 aliphatic heterocycles. The van der Waals surface area contributed by atoms with Gasteiger partial charge in [0.1, 0.15) is 6.07 Å². The zero-order valence-electron chi connectivity index (χ0n) is 13.6. The van der Waals surface area contributed by atoms with E-state index in [1.165, 1.54) is 0 Å². The Bertz CT molecular complexity index is 554. The molecule has 0 aromatic rings. The molecule has 0 aromatic carbocycles. The number of fused-ring (bicyclic) bond motifs is 1. The molecule has 0 unspecified atom stereocenters. The van der Waals surface area contributed by atoms with Crippen molar-refractivity contribution < 1.29 is 9.59 Å². The number of rotatable bonds is 1. The van der Waals surface area contributed by atoms with E-state index in [2.05, 4.69) is 6.92 Å². The number of carbonyl (C=O) groups is 2. The Labute approximate surface area is 126 Å². The van der Waals surface area contributed by atoms with Gasteiger partial charge in [0.05, 0.1) is 5.57 Å². The highest BCUT2D eigenvalue weighted by Crippen LogP contribution is 2.52. The van der Waals surface area contributed by atoms with Gasteiger partial charge in [-0.2, -0.15) is 5.26 Å². The Kier molecular flexibility index (Phi) is 3.73. The summed E-state index contributed by atoms with van der Waals surface area (Å²) in [4.78, 5) is 26.6. The maximum atomic E-state index is 12.4. The van der Waals surface area contributed by atoms with Crippen molar-refractivity contribution in [3.05, 3.63) is 11.6 Å². The van der Waals surface area contributed by atoms with Crippen LogP contribution in [0.1, 0.15) is 41.0 Å². The average molecular weight is 288 g/mol. The SMILES string of the molecule is CC(C)C(=O)N1CC[C@H]2C(C)(C)C(=O)C(C#N)=C[C@]2(C)C1. The molecule has 1 heterocycles. The number of piperidine rings is 1. The molecule has 2 aliphatic rings. The summed E-state index contributed by atoms with van der Waals surface area (Å²) in [7, 11) is 0. The Hall–Kier alpha value is -1.63. The van der Waals surface area contributed by atoms with Crippen LogP contribution in [0.25, 0.3) is 0 Å². The third-order valence-corrected chi connectivity index (χ3v) is 5.12. The average Bonchev–Trinajstić information content (AvgIpc) is 2.41. The van der Waals surface area contributed by atoms with Crippen LogP contribution in [0.2, 0.25) is 0 Å². The molecule has 0 aromatic heterocycles. The first-order valence-corrected chi connectivity index (χ1v) is 7.60. The van der Waals surface area contributed by atoms with E-state index in [1.807, 2.05) is 44.7 Å². The summed E-state index contributed by atoms with van der Waals surface area (Å²) >= 11 is 0. The number of likely N-dealkylation sites (tertiary alicyclic amines) is 1. The molecule has 0 N–H and O–H groups in total. The first-order valence-electron chi connectivity index (χ1n) is 7.60. The van der Waals surface area contributed by atoms with E-state index in [1.54, 1.807) is 0 Å². The Morgan fingerprint density at radius 1 is 1.43 bits per heavy atom. The molecule has 0 spiro atoms. The van der Waals surface area contributed by atoms with Crippen molar-refractivity contribution in [2.45, 2.75) is 41.0 Å². The lowest BCUT2D eigenvalue weighted by atomic mass is 9.55. The number of ketones is 1. The van der Waals surface area contributed by atoms with Crippen molar-refractivity contribution in [2.75, 3.05) is 13.1 Å². The zero-order valence-corrected chi connectivity index (χ0v) is 13.6. The number of carbonyl (C=O) groups excluding carboxylic acids is 2. The molecule has 1 fully saturated rings. The summed E-state index contributed by atoms with van der Waals surface area (Å²) in [6.45, 7) is 11.0. The zero-order chi connectivity index (χ0) is 16.0. The number of amides is 1. The van der Waals surface area contributed by atoms with E-state index in [0.29, 0.717) is 13.1 Å². The molecule has 1 saturated heterocycles. The highest BCUT2D eigenvalue weighted by Gasteiger charge is 2.53. The minimum Gasteiger partial charge on any atom is -0.342 e. The number of nitrogens with zero attached hydrogens (tertiary/aromatic N) is 2. The lowest BCUT2D eigenvalue weighted by Crippen LogP contribution is -2.57. The normalized spacial score (nSPS) is 31.5. The standard InChI is InChI=1S/C17H24N2O2/c1-11(2)15(21)19-7-6-13-16(3,4)14(20)12(9-18)8-17(13,5)10-19/h8,11,13H,6-7,10H2,1-5H3/t13-,17+/m0/s1. The van der Waals surface area contributed by atoms with Gasteiger partial charge in [-0.3, -0.25) is 9.59 Å². The van der Waals surface area contributed by atoms with Crippen LogP contribution in [-0.4, -0.2) is 29.7 Å². The maximum absolute atomic E-state index is 12.4. The lowest BCUT2D eigenvalue weighted by Gasteiger charge is -2.53. The Morgan fingerprint density at radius 2 is 2.05 bits per heavy atom. The monoisotopic (exact) mass is 288 g/mol. The van der Waals surface area contributed by atoms with Gasteiger partial charge < -0.3 is 4.90 Å². The van der Waals surface area contributed by atoms with Gasteiger partial charge in [-0.05, 0) is 12.3 Å². The molecule has 4 heteroatoms. The van der Waals surface area contributed by atoms with E-state index in [0.717, 1.165) is 6.42 Å². The summed E-state index contributed by atoms with van der Waals surface area (Å²) in [5, 5.41) is 9.24.